The van der Waals surface area contributed by atoms with E-state index < -0.39 is 0 Å². The largest absolute Gasteiger partial charge is 0.492 e. The van der Waals surface area contributed by atoms with Gasteiger partial charge < -0.3 is 10.1 Å². The third-order valence-electron chi connectivity index (χ3n) is 2.20. The summed E-state index contributed by atoms with van der Waals surface area (Å²) in [6.07, 6.45) is 7.83. The van der Waals surface area contributed by atoms with Crippen molar-refractivity contribution in [3.8, 4) is 5.75 Å². The highest BCUT2D eigenvalue weighted by atomic mass is 16.5. The smallest absolute Gasteiger partial charge is 0.228 e. The molecule has 1 amide bonds. The maximum absolute atomic E-state index is 11.7. The summed E-state index contributed by atoms with van der Waals surface area (Å²) in [5, 5.41) is 2.83. The molecule has 3 nitrogen and oxygen atoms in total. The predicted molar refractivity (Wildman–Crippen MR) is 74.8 cm³/mol. The molecule has 0 aliphatic rings. The van der Waals surface area contributed by atoms with E-state index in [1.165, 1.54) is 0 Å². The van der Waals surface area contributed by atoms with Gasteiger partial charge in [0.05, 0.1) is 12.3 Å². The van der Waals surface area contributed by atoms with Crippen molar-refractivity contribution < 1.29 is 9.53 Å². The predicted octanol–water partition coefficient (Wildman–Crippen LogP) is 3.55. The molecule has 0 saturated carbocycles. The SMILES string of the molecule is C/C=C/C=C/CC(=O)Nc1ccccc1OCC. The molecule has 0 aromatic heterocycles. The number of hydrogen-bond acceptors (Lipinski definition) is 2. The minimum absolute atomic E-state index is 0.0529. The Hall–Kier alpha value is -2.03. The summed E-state index contributed by atoms with van der Waals surface area (Å²) in [5.41, 5.74) is 0.712. The van der Waals surface area contributed by atoms with E-state index in [1.54, 1.807) is 0 Å². The second-order valence-electron chi connectivity index (χ2n) is 3.64. The number of amides is 1. The molecule has 1 rings (SSSR count). The number of carbonyl (C=O) groups is 1. The minimum atomic E-state index is -0.0529. The Morgan fingerprint density at radius 1 is 1.33 bits per heavy atom. The summed E-state index contributed by atoms with van der Waals surface area (Å²) < 4.78 is 5.44. The van der Waals surface area contributed by atoms with Gasteiger partial charge in [0, 0.05) is 6.42 Å². The Balaban J connectivity index is 2.58. The average molecular weight is 245 g/mol. The molecule has 0 saturated heterocycles. The van der Waals surface area contributed by atoms with Crippen LogP contribution in [-0.4, -0.2) is 12.5 Å². The lowest BCUT2D eigenvalue weighted by molar-refractivity contribution is -0.115. The van der Waals surface area contributed by atoms with E-state index in [2.05, 4.69) is 5.32 Å². The van der Waals surface area contributed by atoms with Crippen LogP contribution in [0.4, 0.5) is 5.69 Å². The third-order valence-corrected chi connectivity index (χ3v) is 2.20. The quantitative estimate of drug-likeness (QED) is 0.778. The van der Waals surface area contributed by atoms with Gasteiger partial charge in [0.1, 0.15) is 5.75 Å². The van der Waals surface area contributed by atoms with E-state index in [4.69, 9.17) is 4.74 Å². The molecule has 1 aromatic carbocycles. The van der Waals surface area contributed by atoms with Crippen molar-refractivity contribution in [2.75, 3.05) is 11.9 Å². The van der Waals surface area contributed by atoms with Crippen LogP contribution in [0.25, 0.3) is 0 Å². The van der Waals surface area contributed by atoms with E-state index in [9.17, 15) is 4.79 Å². The second kappa shape index (κ2) is 8.12. The highest BCUT2D eigenvalue weighted by molar-refractivity contribution is 5.93. The van der Waals surface area contributed by atoms with Crippen LogP contribution < -0.4 is 10.1 Å². The van der Waals surface area contributed by atoms with Crippen LogP contribution in [0.3, 0.4) is 0 Å². The Labute approximate surface area is 108 Å². The van der Waals surface area contributed by atoms with Crippen molar-refractivity contribution in [2.24, 2.45) is 0 Å². The number of para-hydroxylation sites is 2. The first kappa shape index (κ1) is 14.0. The molecule has 1 N–H and O–H groups in total. The number of carbonyl (C=O) groups excluding carboxylic acids is 1. The summed E-state index contributed by atoms with van der Waals surface area (Å²) in [4.78, 5) is 11.7. The highest BCUT2D eigenvalue weighted by Crippen LogP contribution is 2.23. The fraction of sp³-hybridized carbons (Fsp3) is 0.267. The van der Waals surface area contributed by atoms with Crippen LogP contribution in [0.5, 0.6) is 5.75 Å². The number of anilines is 1. The van der Waals surface area contributed by atoms with Gasteiger partial charge in [-0.15, -0.1) is 0 Å². The number of allylic oxidation sites excluding steroid dienone is 3. The summed E-state index contributed by atoms with van der Waals surface area (Å²) >= 11 is 0. The van der Waals surface area contributed by atoms with Crippen molar-refractivity contribution in [1.29, 1.82) is 0 Å². The van der Waals surface area contributed by atoms with Gasteiger partial charge in [-0.1, -0.05) is 36.4 Å². The van der Waals surface area contributed by atoms with Gasteiger partial charge in [0.15, 0.2) is 0 Å². The van der Waals surface area contributed by atoms with Crippen molar-refractivity contribution >= 4 is 11.6 Å². The molecule has 0 aliphatic heterocycles. The maximum Gasteiger partial charge on any atom is 0.228 e. The molecule has 3 heteroatoms. The van der Waals surface area contributed by atoms with Gasteiger partial charge >= 0.3 is 0 Å². The topological polar surface area (TPSA) is 38.3 Å². The first-order chi connectivity index (χ1) is 8.77. The molecular weight excluding hydrogens is 226 g/mol. The van der Waals surface area contributed by atoms with Crippen molar-refractivity contribution in [3.63, 3.8) is 0 Å². The van der Waals surface area contributed by atoms with Gasteiger partial charge in [0.25, 0.3) is 0 Å². The molecule has 18 heavy (non-hydrogen) atoms. The summed E-state index contributed by atoms with van der Waals surface area (Å²) in [7, 11) is 0. The van der Waals surface area contributed by atoms with E-state index >= 15 is 0 Å². The molecule has 1 aromatic rings. The summed E-state index contributed by atoms with van der Waals surface area (Å²) in [5.74, 6) is 0.647. The van der Waals surface area contributed by atoms with Gasteiger partial charge in [-0.05, 0) is 26.0 Å². The molecular formula is C15H19NO2. The Bertz CT molecular complexity index is 436. The Morgan fingerprint density at radius 2 is 2.11 bits per heavy atom. The second-order valence-corrected chi connectivity index (χ2v) is 3.64. The number of ether oxygens (including phenoxy) is 1. The number of hydrogen-bond donors (Lipinski definition) is 1. The standard InChI is InChI=1S/C15H19NO2/c1-3-5-6-7-12-15(17)16-13-10-8-9-11-14(13)18-4-2/h3,5-11H,4,12H2,1-2H3,(H,16,17)/b5-3+,7-6+. The van der Waals surface area contributed by atoms with Crippen LogP contribution >= 0.6 is 0 Å². The zero-order chi connectivity index (χ0) is 13.2. The van der Waals surface area contributed by atoms with Gasteiger partial charge in [-0.25, -0.2) is 0 Å². The van der Waals surface area contributed by atoms with Crippen LogP contribution in [0.2, 0.25) is 0 Å². The van der Waals surface area contributed by atoms with Gasteiger partial charge in [-0.2, -0.15) is 0 Å². The molecule has 96 valence electrons. The lowest BCUT2D eigenvalue weighted by Crippen LogP contribution is -2.11. The summed E-state index contributed by atoms with van der Waals surface area (Å²) in [6, 6.07) is 7.42. The first-order valence-electron chi connectivity index (χ1n) is 6.07. The van der Waals surface area contributed by atoms with Crippen molar-refractivity contribution in [2.45, 2.75) is 20.3 Å². The lowest BCUT2D eigenvalue weighted by Gasteiger charge is -2.10. The average Bonchev–Trinajstić information content (AvgIpc) is 2.37. The zero-order valence-corrected chi connectivity index (χ0v) is 10.8. The van der Waals surface area contributed by atoms with E-state index in [-0.39, 0.29) is 5.91 Å². The Morgan fingerprint density at radius 3 is 2.83 bits per heavy atom. The highest BCUT2D eigenvalue weighted by Gasteiger charge is 2.05. The molecule has 0 atom stereocenters. The molecule has 0 heterocycles. The molecule has 0 fully saturated rings. The van der Waals surface area contributed by atoms with Crippen LogP contribution in [0.1, 0.15) is 20.3 Å². The lowest BCUT2D eigenvalue weighted by atomic mass is 10.2. The van der Waals surface area contributed by atoms with Crippen LogP contribution in [0.15, 0.2) is 48.6 Å². The minimum Gasteiger partial charge on any atom is -0.492 e. The fourth-order valence-electron chi connectivity index (χ4n) is 1.42. The first-order valence-corrected chi connectivity index (χ1v) is 6.07. The number of rotatable bonds is 6. The van der Waals surface area contributed by atoms with E-state index in [1.807, 2.05) is 62.4 Å². The number of nitrogens with one attached hydrogen (secondary N) is 1. The molecule has 0 aliphatic carbocycles. The van der Waals surface area contributed by atoms with Crippen LogP contribution in [0, 0.1) is 0 Å². The van der Waals surface area contributed by atoms with Crippen molar-refractivity contribution in [3.05, 3.63) is 48.6 Å². The third kappa shape index (κ3) is 4.87. The van der Waals surface area contributed by atoms with Crippen molar-refractivity contribution in [1.82, 2.24) is 0 Å². The molecule has 0 spiro atoms. The van der Waals surface area contributed by atoms with E-state index in [0.717, 1.165) is 0 Å². The Kier molecular flexibility index (Phi) is 6.33. The summed E-state index contributed by atoms with van der Waals surface area (Å²) in [6.45, 7) is 4.43. The van der Waals surface area contributed by atoms with E-state index in [0.29, 0.717) is 24.5 Å². The zero-order valence-electron chi connectivity index (χ0n) is 10.8. The van der Waals surface area contributed by atoms with Crippen LogP contribution in [-0.2, 0) is 4.79 Å². The molecule has 0 radical (unpaired) electrons. The maximum atomic E-state index is 11.7. The molecule has 0 unspecified atom stereocenters. The monoisotopic (exact) mass is 245 g/mol. The van der Waals surface area contributed by atoms with Gasteiger partial charge in [0.2, 0.25) is 5.91 Å². The number of benzene rings is 1. The van der Waals surface area contributed by atoms with Gasteiger partial charge in [-0.3, -0.25) is 4.79 Å². The fourth-order valence-corrected chi connectivity index (χ4v) is 1.42. The molecule has 0 bridgehead atoms. The normalized spacial score (nSPS) is 11.0.